The molecule has 0 N–H and O–H groups in total. The predicted molar refractivity (Wildman–Crippen MR) is 84.0 cm³/mol. The van der Waals surface area contributed by atoms with Crippen molar-refractivity contribution in [2.45, 2.75) is 26.7 Å². The monoisotopic (exact) mass is 276 g/mol. The number of pyridine rings is 1. The normalized spacial score (nSPS) is 11.2. The fraction of sp³-hybridized carbons (Fsp3) is 0.438. The molecule has 0 aliphatic rings. The molecule has 0 saturated heterocycles. The zero-order valence-electron chi connectivity index (χ0n) is 11.9. The van der Waals surface area contributed by atoms with E-state index in [2.05, 4.69) is 43.9 Å². The summed E-state index contributed by atoms with van der Waals surface area (Å²) in [7, 11) is 0. The first-order valence-corrected chi connectivity index (χ1v) is 7.38. The summed E-state index contributed by atoms with van der Waals surface area (Å²) in [4.78, 5) is 7.09. The number of rotatable bonds is 5. The number of fused-ring (bicyclic) bond motifs is 1. The molecule has 0 bridgehead atoms. The summed E-state index contributed by atoms with van der Waals surface area (Å²) < 4.78 is 0. The molecule has 1 heterocycles. The number of hydrogen-bond acceptors (Lipinski definition) is 2. The Balaban J connectivity index is 2.48. The van der Waals surface area contributed by atoms with Gasteiger partial charge in [0.05, 0.1) is 5.52 Å². The Bertz CT molecular complexity index is 551. The van der Waals surface area contributed by atoms with Gasteiger partial charge < -0.3 is 4.90 Å². The fourth-order valence-corrected chi connectivity index (χ4v) is 2.55. The van der Waals surface area contributed by atoms with E-state index in [1.165, 1.54) is 0 Å². The van der Waals surface area contributed by atoms with Gasteiger partial charge in [0, 0.05) is 24.4 Å². The minimum absolute atomic E-state index is 0.523. The van der Waals surface area contributed by atoms with Gasteiger partial charge in [-0.25, -0.2) is 4.98 Å². The van der Waals surface area contributed by atoms with Crippen LogP contribution in [0.2, 0.25) is 0 Å². The van der Waals surface area contributed by atoms with E-state index >= 15 is 0 Å². The first-order chi connectivity index (χ1) is 9.15. The maximum absolute atomic E-state index is 6.09. The van der Waals surface area contributed by atoms with E-state index in [1.807, 2.05) is 12.1 Å². The molecule has 102 valence electrons. The van der Waals surface area contributed by atoms with Gasteiger partial charge in [-0.3, -0.25) is 0 Å². The number of anilines is 1. The van der Waals surface area contributed by atoms with Crippen molar-refractivity contribution >= 4 is 28.3 Å². The van der Waals surface area contributed by atoms with E-state index in [-0.39, 0.29) is 0 Å². The number of halogens is 1. The lowest BCUT2D eigenvalue weighted by atomic mass is 10.1. The van der Waals surface area contributed by atoms with Crippen molar-refractivity contribution in [2.75, 3.05) is 18.0 Å². The number of alkyl halides is 1. The van der Waals surface area contributed by atoms with Gasteiger partial charge in [-0.1, -0.05) is 32.0 Å². The van der Waals surface area contributed by atoms with Crippen molar-refractivity contribution in [3.05, 3.63) is 35.9 Å². The van der Waals surface area contributed by atoms with Crippen molar-refractivity contribution in [1.82, 2.24) is 4.98 Å². The standard InChI is InChI=1S/C16H21ClN2/c1-4-19(11-12(2)3)16-9-13(10-17)14-7-5-6-8-15(14)18-16/h5-9,12H,4,10-11H2,1-3H3. The zero-order chi connectivity index (χ0) is 13.8. The smallest absolute Gasteiger partial charge is 0.129 e. The Kier molecular flexibility index (Phi) is 4.65. The maximum atomic E-state index is 6.09. The Labute approximate surface area is 120 Å². The molecule has 1 aromatic carbocycles. The van der Waals surface area contributed by atoms with Crippen LogP contribution in [0.1, 0.15) is 26.3 Å². The van der Waals surface area contributed by atoms with Crippen LogP contribution < -0.4 is 4.90 Å². The molecule has 2 rings (SSSR count). The summed E-state index contributed by atoms with van der Waals surface area (Å²) in [6.45, 7) is 8.60. The topological polar surface area (TPSA) is 16.1 Å². The van der Waals surface area contributed by atoms with Gasteiger partial charge in [-0.05, 0) is 30.5 Å². The van der Waals surface area contributed by atoms with Gasteiger partial charge in [-0.15, -0.1) is 11.6 Å². The van der Waals surface area contributed by atoms with Crippen LogP contribution in [0, 0.1) is 5.92 Å². The molecule has 0 atom stereocenters. The molecule has 0 amide bonds. The summed E-state index contributed by atoms with van der Waals surface area (Å²) in [6, 6.07) is 10.3. The Morgan fingerprint density at radius 1 is 1.26 bits per heavy atom. The summed E-state index contributed by atoms with van der Waals surface area (Å²) in [5, 5.41) is 1.15. The molecule has 0 aliphatic carbocycles. The van der Waals surface area contributed by atoms with Crippen molar-refractivity contribution in [1.29, 1.82) is 0 Å². The van der Waals surface area contributed by atoms with E-state index < -0.39 is 0 Å². The molecular weight excluding hydrogens is 256 g/mol. The highest BCUT2D eigenvalue weighted by Crippen LogP contribution is 2.24. The van der Waals surface area contributed by atoms with Crippen LogP contribution in [0.4, 0.5) is 5.82 Å². The highest BCUT2D eigenvalue weighted by Gasteiger charge is 2.11. The maximum Gasteiger partial charge on any atom is 0.129 e. The van der Waals surface area contributed by atoms with E-state index in [1.54, 1.807) is 0 Å². The lowest BCUT2D eigenvalue weighted by Crippen LogP contribution is -2.28. The quantitative estimate of drug-likeness (QED) is 0.750. The van der Waals surface area contributed by atoms with Crippen molar-refractivity contribution < 1.29 is 0 Å². The first kappa shape index (κ1) is 14.1. The number of hydrogen-bond donors (Lipinski definition) is 0. The molecule has 1 aromatic heterocycles. The van der Waals surface area contributed by atoms with Gasteiger partial charge in [-0.2, -0.15) is 0 Å². The van der Waals surface area contributed by atoms with Gasteiger partial charge in [0.25, 0.3) is 0 Å². The number of benzene rings is 1. The second kappa shape index (κ2) is 6.25. The first-order valence-electron chi connectivity index (χ1n) is 6.85. The Morgan fingerprint density at radius 3 is 2.63 bits per heavy atom. The zero-order valence-corrected chi connectivity index (χ0v) is 12.6. The van der Waals surface area contributed by atoms with Crippen molar-refractivity contribution in [2.24, 2.45) is 5.92 Å². The second-order valence-electron chi connectivity index (χ2n) is 5.22. The summed E-state index contributed by atoms with van der Waals surface area (Å²) >= 11 is 6.09. The van der Waals surface area contributed by atoms with Gasteiger partial charge >= 0.3 is 0 Å². The molecule has 0 radical (unpaired) electrons. The van der Waals surface area contributed by atoms with E-state index in [0.717, 1.165) is 35.4 Å². The van der Waals surface area contributed by atoms with E-state index in [9.17, 15) is 0 Å². The minimum Gasteiger partial charge on any atom is -0.357 e. The van der Waals surface area contributed by atoms with Gasteiger partial charge in [0.1, 0.15) is 5.82 Å². The molecule has 0 spiro atoms. The SMILES string of the molecule is CCN(CC(C)C)c1cc(CCl)c2ccccc2n1. The second-order valence-corrected chi connectivity index (χ2v) is 5.49. The van der Waals surface area contributed by atoms with E-state index in [0.29, 0.717) is 11.8 Å². The van der Waals surface area contributed by atoms with Gasteiger partial charge in [0.2, 0.25) is 0 Å². The minimum atomic E-state index is 0.523. The Hall–Kier alpha value is -1.28. The predicted octanol–water partition coefficient (Wildman–Crippen LogP) is 4.46. The molecule has 3 heteroatoms. The van der Waals surface area contributed by atoms with E-state index in [4.69, 9.17) is 16.6 Å². The highest BCUT2D eigenvalue weighted by atomic mass is 35.5. The fourth-order valence-electron chi connectivity index (χ4n) is 2.33. The molecule has 0 unspecified atom stereocenters. The third-order valence-electron chi connectivity index (χ3n) is 3.22. The van der Waals surface area contributed by atoms with Crippen LogP contribution in [-0.2, 0) is 5.88 Å². The van der Waals surface area contributed by atoms with Crippen molar-refractivity contribution in [3.63, 3.8) is 0 Å². The summed E-state index contributed by atoms with van der Waals surface area (Å²) in [5.74, 6) is 2.17. The molecule has 2 aromatic rings. The van der Waals surface area contributed by atoms with Crippen LogP contribution in [-0.4, -0.2) is 18.1 Å². The largest absolute Gasteiger partial charge is 0.357 e. The molecule has 0 aliphatic heterocycles. The Morgan fingerprint density at radius 2 is 2.00 bits per heavy atom. The number of aromatic nitrogens is 1. The summed E-state index contributed by atoms with van der Waals surface area (Å²) in [5.41, 5.74) is 2.18. The molecule has 19 heavy (non-hydrogen) atoms. The summed E-state index contributed by atoms with van der Waals surface area (Å²) in [6.07, 6.45) is 0. The molecular formula is C16H21ClN2. The third-order valence-corrected chi connectivity index (χ3v) is 3.51. The lowest BCUT2D eigenvalue weighted by molar-refractivity contribution is 0.615. The number of para-hydroxylation sites is 1. The van der Waals surface area contributed by atoms with Crippen molar-refractivity contribution in [3.8, 4) is 0 Å². The van der Waals surface area contributed by atoms with Gasteiger partial charge in [0.15, 0.2) is 0 Å². The van der Waals surface area contributed by atoms with Crippen LogP contribution in [0.5, 0.6) is 0 Å². The highest BCUT2D eigenvalue weighted by molar-refractivity contribution is 6.18. The number of nitrogens with zero attached hydrogens (tertiary/aromatic N) is 2. The lowest BCUT2D eigenvalue weighted by Gasteiger charge is -2.25. The average Bonchev–Trinajstić information content (AvgIpc) is 2.43. The van der Waals surface area contributed by atoms with Crippen LogP contribution >= 0.6 is 11.6 Å². The van der Waals surface area contributed by atoms with Crippen LogP contribution in [0.3, 0.4) is 0 Å². The molecule has 0 saturated carbocycles. The average molecular weight is 277 g/mol. The third kappa shape index (κ3) is 3.19. The van der Waals surface area contributed by atoms with Crippen LogP contribution in [0.25, 0.3) is 10.9 Å². The molecule has 2 nitrogen and oxygen atoms in total. The van der Waals surface area contributed by atoms with Crippen LogP contribution in [0.15, 0.2) is 30.3 Å². The molecule has 0 fully saturated rings.